The Bertz CT molecular complexity index is 2700. The number of rotatable bonds is 15. The van der Waals surface area contributed by atoms with E-state index in [-0.39, 0.29) is 22.2 Å². The number of sulfonamides is 1. The summed E-state index contributed by atoms with van der Waals surface area (Å²) in [7, 11) is -1.98. The van der Waals surface area contributed by atoms with E-state index in [0.29, 0.717) is 42.5 Å². The molecule has 2 aliphatic heterocycles. The van der Waals surface area contributed by atoms with Crippen LogP contribution in [-0.4, -0.2) is 86.2 Å². The predicted molar refractivity (Wildman–Crippen MR) is 264 cm³/mol. The Morgan fingerprint density at radius 2 is 1.49 bits per heavy atom. The number of likely N-dealkylation sites (tertiary alicyclic amines) is 1. The largest absolute Gasteiger partial charge is 0.390 e. The highest BCUT2D eigenvalue weighted by Gasteiger charge is 2.28. The number of halogens is 3. The van der Waals surface area contributed by atoms with Crippen LogP contribution in [0.15, 0.2) is 125 Å². The van der Waals surface area contributed by atoms with E-state index in [9.17, 15) is 13.5 Å². The lowest BCUT2D eigenvalue weighted by Gasteiger charge is -2.37. The molecule has 2 fully saturated rings. The van der Waals surface area contributed by atoms with Crippen LogP contribution in [0.5, 0.6) is 0 Å². The third-order valence-electron chi connectivity index (χ3n) is 12.8. The van der Waals surface area contributed by atoms with Crippen LogP contribution >= 0.6 is 23.4 Å². The van der Waals surface area contributed by atoms with Crippen LogP contribution in [0.1, 0.15) is 37.4 Å². The first-order valence-corrected chi connectivity index (χ1v) is 25.0. The molecule has 3 N–H and O–H groups in total. The maximum absolute atomic E-state index is 16.5. The fourth-order valence-electron chi connectivity index (χ4n) is 8.75. The number of aliphatic hydroxyl groups is 1. The lowest BCUT2D eigenvalue weighted by molar-refractivity contribution is -0.00556. The van der Waals surface area contributed by atoms with Crippen LogP contribution in [0.2, 0.25) is 5.02 Å². The zero-order valence-corrected chi connectivity index (χ0v) is 39.7. The van der Waals surface area contributed by atoms with Gasteiger partial charge in [-0.05, 0) is 130 Å². The SMILES string of the molecule is Cc1cc(S(=O)(=O)Nc2ccc(N3CCN(c4cc(F)cc(-c5cc(C)n(C)c5-c5ccc(Cl)cc5)c4F)CC3)cc2)ccc1N[C@H](CCN1CCC(C)(O)CC1)CSc1ccccc1. The molecule has 1 aromatic heterocycles. The number of piperidine rings is 1. The number of hydrogen-bond donors (Lipinski definition) is 3. The molecule has 2 saturated heterocycles. The number of benzene rings is 5. The smallest absolute Gasteiger partial charge is 0.261 e. The van der Waals surface area contributed by atoms with E-state index in [2.05, 4.69) is 32.0 Å². The van der Waals surface area contributed by atoms with E-state index >= 15 is 8.78 Å². The first kappa shape index (κ1) is 46.5. The molecule has 0 unspecified atom stereocenters. The number of thioether (sulfide) groups is 1. The topological polar surface area (TPSA) is 93.1 Å². The van der Waals surface area contributed by atoms with Crippen molar-refractivity contribution < 1.29 is 22.3 Å². The highest BCUT2D eigenvalue weighted by Crippen LogP contribution is 2.40. The Morgan fingerprint density at radius 1 is 0.815 bits per heavy atom. The molecule has 9 nitrogen and oxygen atoms in total. The van der Waals surface area contributed by atoms with Gasteiger partial charge in [0.15, 0.2) is 5.82 Å². The first-order valence-electron chi connectivity index (χ1n) is 22.2. The summed E-state index contributed by atoms with van der Waals surface area (Å²) < 4.78 is 63.9. The molecule has 342 valence electrons. The second-order valence-corrected chi connectivity index (χ2v) is 20.8. The fourth-order valence-corrected chi connectivity index (χ4v) is 11.0. The van der Waals surface area contributed by atoms with Crippen LogP contribution in [-0.2, 0) is 17.1 Å². The minimum atomic E-state index is -3.89. The molecule has 0 saturated carbocycles. The number of aryl methyl sites for hydroxylation is 2. The molecule has 8 rings (SSSR count). The quantitative estimate of drug-likeness (QED) is 0.0877. The second-order valence-electron chi connectivity index (χ2n) is 17.6. The van der Waals surface area contributed by atoms with E-state index in [1.807, 2.05) is 91.9 Å². The average molecular weight is 940 g/mol. The van der Waals surface area contributed by atoms with Crippen molar-refractivity contribution in [2.75, 3.05) is 71.4 Å². The van der Waals surface area contributed by atoms with Crippen molar-refractivity contribution in [1.82, 2.24) is 9.47 Å². The van der Waals surface area contributed by atoms with Crippen LogP contribution in [0.4, 0.5) is 31.5 Å². The van der Waals surface area contributed by atoms with Crippen molar-refractivity contribution in [1.29, 1.82) is 0 Å². The molecular weight excluding hydrogens is 882 g/mol. The van der Waals surface area contributed by atoms with Crippen LogP contribution in [0.25, 0.3) is 22.4 Å². The first-order chi connectivity index (χ1) is 31.1. The van der Waals surface area contributed by atoms with E-state index in [1.54, 1.807) is 48.2 Å². The molecule has 1 atom stereocenters. The Labute approximate surface area is 391 Å². The van der Waals surface area contributed by atoms with Gasteiger partial charge in [-0.1, -0.05) is 41.9 Å². The highest BCUT2D eigenvalue weighted by molar-refractivity contribution is 7.99. The van der Waals surface area contributed by atoms with Crippen molar-refractivity contribution in [3.05, 3.63) is 143 Å². The normalized spacial score (nSPS) is 16.1. The number of nitrogens with zero attached hydrogens (tertiary/aromatic N) is 4. The summed E-state index contributed by atoms with van der Waals surface area (Å²) in [5.74, 6) is -0.139. The Kier molecular flexibility index (Phi) is 14.2. The fraction of sp³-hybridized carbons (Fsp3) is 0.333. The summed E-state index contributed by atoms with van der Waals surface area (Å²) in [6.07, 6.45) is 2.44. The minimum Gasteiger partial charge on any atom is -0.390 e. The Hall–Kier alpha value is -5.05. The van der Waals surface area contributed by atoms with Gasteiger partial charge in [-0.2, -0.15) is 0 Å². The lowest BCUT2D eigenvalue weighted by atomic mass is 9.94. The molecule has 0 aliphatic carbocycles. The van der Waals surface area contributed by atoms with E-state index in [1.165, 1.54) is 17.0 Å². The molecule has 0 spiro atoms. The molecule has 0 amide bonds. The summed E-state index contributed by atoms with van der Waals surface area (Å²) in [5, 5.41) is 14.7. The molecule has 6 aromatic rings. The van der Waals surface area contributed by atoms with Gasteiger partial charge < -0.3 is 29.7 Å². The number of aromatic nitrogens is 1. The Morgan fingerprint density at radius 3 is 2.17 bits per heavy atom. The van der Waals surface area contributed by atoms with Gasteiger partial charge in [-0.3, -0.25) is 4.72 Å². The van der Waals surface area contributed by atoms with E-state index in [0.717, 1.165) is 78.5 Å². The van der Waals surface area contributed by atoms with Gasteiger partial charge >= 0.3 is 0 Å². The predicted octanol–water partition coefficient (Wildman–Crippen LogP) is 10.8. The monoisotopic (exact) mass is 938 g/mol. The van der Waals surface area contributed by atoms with Gasteiger partial charge in [0.2, 0.25) is 0 Å². The molecular formula is C51H57ClF2N6O3S2. The molecule has 3 heterocycles. The van der Waals surface area contributed by atoms with Crippen LogP contribution in [0.3, 0.4) is 0 Å². The molecule has 65 heavy (non-hydrogen) atoms. The molecule has 0 bridgehead atoms. The van der Waals surface area contributed by atoms with Crippen molar-refractivity contribution in [2.24, 2.45) is 7.05 Å². The van der Waals surface area contributed by atoms with Gasteiger partial charge in [0, 0.05) is 115 Å². The Balaban J connectivity index is 0.893. The van der Waals surface area contributed by atoms with Gasteiger partial charge in [0.1, 0.15) is 5.82 Å². The number of anilines is 4. The van der Waals surface area contributed by atoms with Crippen molar-refractivity contribution in [3.8, 4) is 22.4 Å². The summed E-state index contributed by atoms with van der Waals surface area (Å²) in [5.41, 5.74) is 6.05. The zero-order valence-electron chi connectivity index (χ0n) is 37.3. The second kappa shape index (κ2) is 19.8. The third kappa shape index (κ3) is 11.1. The van der Waals surface area contributed by atoms with Gasteiger partial charge in [-0.15, -0.1) is 11.8 Å². The number of nitrogens with one attached hydrogen (secondary N) is 2. The molecule has 5 aromatic carbocycles. The van der Waals surface area contributed by atoms with Crippen molar-refractivity contribution in [3.63, 3.8) is 0 Å². The third-order valence-corrected chi connectivity index (χ3v) is 15.6. The van der Waals surface area contributed by atoms with Crippen LogP contribution in [0, 0.1) is 25.5 Å². The van der Waals surface area contributed by atoms with Gasteiger partial charge in [0.05, 0.1) is 21.9 Å². The highest BCUT2D eigenvalue weighted by atomic mass is 35.5. The number of hydrogen-bond acceptors (Lipinski definition) is 8. The van der Waals surface area contributed by atoms with Crippen molar-refractivity contribution in [2.45, 2.75) is 61.5 Å². The van der Waals surface area contributed by atoms with E-state index < -0.39 is 27.3 Å². The molecule has 2 aliphatic rings. The van der Waals surface area contributed by atoms with Crippen LogP contribution < -0.4 is 19.8 Å². The summed E-state index contributed by atoms with van der Waals surface area (Å²) in [6, 6.07) is 34.7. The summed E-state index contributed by atoms with van der Waals surface area (Å²) >= 11 is 7.96. The standard InChI is InChI=1S/C51H57ClF2N6O3S2/c1-35-30-44(18-19-47(35)55-41(34-64-43-8-6-5-7-9-43)20-23-58-24-21-51(3,61)22-25-58)65(62,63)56-40-14-16-42(17-15-40)59-26-28-60(29-27-59)48-33-39(53)32-45(49(48)54)46-31-36(2)57(4)50(46)37-10-12-38(52)13-11-37/h5-19,30-33,41,55-56,61H,20-29,34H2,1-4H3/t41-/m1/s1. The maximum atomic E-state index is 16.5. The molecule has 14 heteroatoms. The summed E-state index contributed by atoms with van der Waals surface area (Å²) in [6.45, 7) is 10.5. The average Bonchev–Trinajstić information content (AvgIpc) is 3.59. The molecule has 0 radical (unpaired) electrons. The minimum absolute atomic E-state index is 0.137. The summed E-state index contributed by atoms with van der Waals surface area (Å²) in [4.78, 5) is 7.83. The van der Waals surface area contributed by atoms with E-state index in [4.69, 9.17) is 11.6 Å². The number of piperazine rings is 1. The lowest BCUT2D eigenvalue weighted by Crippen LogP contribution is -2.46. The van der Waals surface area contributed by atoms with Crippen molar-refractivity contribution >= 4 is 56.1 Å². The van der Waals surface area contributed by atoms with Gasteiger partial charge in [-0.25, -0.2) is 17.2 Å². The maximum Gasteiger partial charge on any atom is 0.261 e. The van der Waals surface area contributed by atoms with Gasteiger partial charge in [0.25, 0.3) is 10.0 Å². The zero-order chi connectivity index (χ0) is 45.9.